The van der Waals surface area contributed by atoms with Crippen LogP contribution >= 0.6 is 11.6 Å². The maximum Gasteiger partial charge on any atom is 0.269 e. The van der Waals surface area contributed by atoms with Gasteiger partial charge in [-0.15, -0.1) is 0 Å². The minimum atomic E-state index is -3.68. The normalized spacial score (nSPS) is 11.5. The van der Waals surface area contributed by atoms with E-state index in [-0.39, 0.29) is 17.1 Å². The highest BCUT2D eigenvalue weighted by atomic mass is 35.5. The summed E-state index contributed by atoms with van der Waals surface area (Å²) in [6.07, 6.45) is 3.68. The summed E-state index contributed by atoms with van der Waals surface area (Å²) in [4.78, 5) is 9.93. The van der Waals surface area contributed by atoms with Crippen LogP contribution in [0.15, 0.2) is 41.6 Å². The number of sulfonamides is 1. The van der Waals surface area contributed by atoms with Gasteiger partial charge in [0.25, 0.3) is 5.69 Å². The van der Waals surface area contributed by atoms with E-state index < -0.39 is 14.9 Å². The number of aromatic nitrogens is 2. The summed E-state index contributed by atoms with van der Waals surface area (Å²) >= 11 is 5.72. The number of non-ortho nitro benzene ring substituents is 1. The second kappa shape index (κ2) is 6.86. The van der Waals surface area contributed by atoms with Crippen molar-refractivity contribution in [1.29, 1.82) is 0 Å². The molecule has 0 saturated heterocycles. The van der Waals surface area contributed by atoms with Crippen molar-refractivity contribution in [2.24, 2.45) is 0 Å². The molecule has 1 N–H and O–H groups in total. The molecule has 0 bridgehead atoms. The molecule has 2 rings (SSSR count). The maximum atomic E-state index is 12.0. The molecule has 0 radical (unpaired) electrons. The van der Waals surface area contributed by atoms with E-state index in [2.05, 4.69) is 9.82 Å². The predicted octanol–water partition coefficient (Wildman–Crippen LogP) is 1.81. The first-order chi connectivity index (χ1) is 10.4. The molecule has 0 saturated carbocycles. The number of hydrogen-bond acceptors (Lipinski definition) is 5. The van der Waals surface area contributed by atoms with Crippen molar-refractivity contribution in [2.75, 3.05) is 6.54 Å². The van der Waals surface area contributed by atoms with Crippen molar-refractivity contribution >= 4 is 27.3 Å². The summed E-state index contributed by atoms with van der Waals surface area (Å²) < 4.78 is 28.1. The lowest BCUT2D eigenvalue weighted by Crippen LogP contribution is -2.25. The van der Waals surface area contributed by atoms with Gasteiger partial charge in [0.05, 0.1) is 21.0 Å². The number of halogens is 1. The summed E-state index contributed by atoms with van der Waals surface area (Å²) in [5.41, 5.74) is -0.158. The van der Waals surface area contributed by atoms with E-state index in [9.17, 15) is 18.5 Å². The van der Waals surface area contributed by atoms with Crippen molar-refractivity contribution in [3.05, 3.63) is 51.8 Å². The minimum absolute atomic E-state index is 0.0137. The monoisotopic (exact) mass is 344 g/mol. The van der Waals surface area contributed by atoms with Crippen LogP contribution in [0.5, 0.6) is 0 Å². The summed E-state index contributed by atoms with van der Waals surface area (Å²) in [6.45, 7) is 0.742. The number of nitro groups is 1. The van der Waals surface area contributed by atoms with Crippen molar-refractivity contribution in [1.82, 2.24) is 14.5 Å². The quantitative estimate of drug-likeness (QED) is 0.468. The highest BCUT2D eigenvalue weighted by Gasteiger charge is 2.15. The molecular formula is C12H13ClN4O4S. The molecule has 0 fully saturated rings. The van der Waals surface area contributed by atoms with Crippen LogP contribution in [-0.2, 0) is 16.6 Å². The van der Waals surface area contributed by atoms with E-state index in [0.29, 0.717) is 18.0 Å². The fourth-order valence-corrected chi connectivity index (χ4v) is 2.97. The molecule has 1 heterocycles. The standard InChI is InChI=1S/C12H13ClN4O4S/c13-10-8-14-16(9-10)7-1-6-15-22(20,21)12-4-2-11(3-5-12)17(18)19/h2-5,8-9,15H,1,6-7H2. The summed E-state index contributed by atoms with van der Waals surface area (Å²) in [7, 11) is -3.68. The Morgan fingerprint density at radius 2 is 2.00 bits per heavy atom. The van der Waals surface area contributed by atoms with E-state index >= 15 is 0 Å². The zero-order valence-corrected chi connectivity index (χ0v) is 12.9. The van der Waals surface area contributed by atoms with Crippen LogP contribution in [0.4, 0.5) is 5.69 Å². The Labute approximate surface area is 131 Å². The number of nitro benzene ring substituents is 1. The largest absolute Gasteiger partial charge is 0.271 e. The van der Waals surface area contributed by atoms with Crippen molar-refractivity contribution < 1.29 is 13.3 Å². The molecule has 22 heavy (non-hydrogen) atoms. The highest BCUT2D eigenvalue weighted by Crippen LogP contribution is 2.15. The molecule has 1 aromatic carbocycles. The molecule has 118 valence electrons. The van der Waals surface area contributed by atoms with Gasteiger partial charge in [-0.3, -0.25) is 14.8 Å². The van der Waals surface area contributed by atoms with Crippen LogP contribution in [0.2, 0.25) is 5.02 Å². The van der Waals surface area contributed by atoms with E-state index in [0.717, 1.165) is 12.1 Å². The summed E-state index contributed by atoms with van der Waals surface area (Å²) in [5, 5.41) is 15.0. The Kier molecular flexibility index (Phi) is 5.11. The molecule has 0 aliphatic rings. The number of rotatable bonds is 7. The van der Waals surface area contributed by atoms with Gasteiger partial charge < -0.3 is 0 Å². The molecule has 0 spiro atoms. The zero-order chi connectivity index (χ0) is 16.2. The number of aryl methyl sites for hydroxylation is 1. The smallest absolute Gasteiger partial charge is 0.269 e. The molecule has 0 unspecified atom stereocenters. The van der Waals surface area contributed by atoms with Crippen LogP contribution in [0.1, 0.15) is 6.42 Å². The number of hydrogen-bond donors (Lipinski definition) is 1. The average Bonchev–Trinajstić information content (AvgIpc) is 2.89. The Morgan fingerprint density at radius 3 is 2.55 bits per heavy atom. The van der Waals surface area contributed by atoms with Gasteiger partial charge in [-0.2, -0.15) is 5.10 Å². The Morgan fingerprint density at radius 1 is 1.32 bits per heavy atom. The van der Waals surface area contributed by atoms with Crippen molar-refractivity contribution in [2.45, 2.75) is 17.9 Å². The van der Waals surface area contributed by atoms with E-state index in [1.165, 1.54) is 18.3 Å². The van der Waals surface area contributed by atoms with Gasteiger partial charge in [-0.1, -0.05) is 11.6 Å². The lowest BCUT2D eigenvalue weighted by Gasteiger charge is -2.06. The first kappa shape index (κ1) is 16.4. The Bertz CT molecular complexity index is 758. The second-order valence-electron chi connectivity index (χ2n) is 4.42. The first-order valence-corrected chi connectivity index (χ1v) is 8.17. The fourth-order valence-electron chi connectivity index (χ4n) is 1.74. The molecule has 0 aliphatic carbocycles. The van der Waals surface area contributed by atoms with Crippen LogP contribution in [-0.4, -0.2) is 29.7 Å². The zero-order valence-electron chi connectivity index (χ0n) is 11.3. The van der Waals surface area contributed by atoms with Crippen molar-refractivity contribution in [3.63, 3.8) is 0 Å². The highest BCUT2D eigenvalue weighted by molar-refractivity contribution is 7.89. The second-order valence-corrected chi connectivity index (χ2v) is 6.63. The Balaban J connectivity index is 1.89. The SMILES string of the molecule is O=[N+]([O-])c1ccc(S(=O)(=O)NCCCn2cc(Cl)cn2)cc1. The molecule has 10 heteroatoms. The summed E-state index contributed by atoms with van der Waals surface area (Å²) in [5.74, 6) is 0. The van der Waals surface area contributed by atoms with Crippen molar-refractivity contribution in [3.8, 4) is 0 Å². The number of benzene rings is 1. The molecule has 0 atom stereocenters. The Hall–Kier alpha value is -1.97. The van der Waals surface area contributed by atoms with Crippen LogP contribution in [0.25, 0.3) is 0 Å². The van der Waals surface area contributed by atoms with Crippen LogP contribution in [0, 0.1) is 10.1 Å². The van der Waals surface area contributed by atoms with Gasteiger partial charge in [-0.05, 0) is 18.6 Å². The lowest BCUT2D eigenvalue weighted by molar-refractivity contribution is -0.384. The topological polar surface area (TPSA) is 107 Å². The van der Waals surface area contributed by atoms with E-state index in [1.54, 1.807) is 10.9 Å². The third-order valence-electron chi connectivity index (χ3n) is 2.82. The van der Waals surface area contributed by atoms with Gasteiger partial charge in [0.15, 0.2) is 0 Å². The van der Waals surface area contributed by atoms with Gasteiger partial charge >= 0.3 is 0 Å². The third kappa shape index (κ3) is 4.26. The van der Waals surface area contributed by atoms with Gasteiger partial charge in [0, 0.05) is 31.4 Å². The molecule has 2 aromatic rings. The minimum Gasteiger partial charge on any atom is -0.271 e. The molecule has 0 amide bonds. The first-order valence-electron chi connectivity index (χ1n) is 6.30. The maximum absolute atomic E-state index is 12.0. The number of nitrogens with one attached hydrogen (secondary N) is 1. The summed E-state index contributed by atoms with van der Waals surface area (Å²) in [6, 6.07) is 4.71. The molecule has 1 aromatic heterocycles. The fraction of sp³-hybridized carbons (Fsp3) is 0.250. The third-order valence-corrected chi connectivity index (χ3v) is 4.49. The predicted molar refractivity (Wildman–Crippen MR) is 80.1 cm³/mol. The number of nitrogens with zero attached hydrogens (tertiary/aromatic N) is 3. The molecule has 8 nitrogen and oxygen atoms in total. The van der Waals surface area contributed by atoms with E-state index in [4.69, 9.17) is 11.6 Å². The van der Waals surface area contributed by atoms with Gasteiger partial charge in [0.1, 0.15) is 0 Å². The van der Waals surface area contributed by atoms with Crippen LogP contribution < -0.4 is 4.72 Å². The van der Waals surface area contributed by atoms with E-state index in [1.807, 2.05) is 0 Å². The van der Waals surface area contributed by atoms with Gasteiger partial charge in [0.2, 0.25) is 10.0 Å². The average molecular weight is 345 g/mol. The van der Waals surface area contributed by atoms with Gasteiger partial charge in [-0.25, -0.2) is 13.1 Å². The lowest BCUT2D eigenvalue weighted by atomic mass is 10.3. The van der Waals surface area contributed by atoms with Crippen LogP contribution in [0.3, 0.4) is 0 Å². The molecular weight excluding hydrogens is 332 g/mol. The molecule has 0 aliphatic heterocycles.